The van der Waals surface area contributed by atoms with Crippen LogP contribution >= 0.6 is 11.6 Å². The lowest BCUT2D eigenvalue weighted by Crippen LogP contribution is -2.37. The Morgan fingerprint density at radius 3 is 2.75 bits per heavy atom. The van der Waals surface area contributed by atoms with Gasteiger partial charge in [0.25, 0.3) is 0 Å². The minimum absolute atomic E-state index is 0.189. The molecule has 1 unspecified atom stereocenters. The van der Waals surface area contributed by atoms with E-state index < -0.39 is 5.60 Å². The fourth-order valence-electron chi connectivity index (χ4n) is 2.08. The zero-order chi connectivity index (χ0) is 11.8. The van der Waals surface area contributed by atoms with Crippen molar-refractivity contribution in [2.75, 3.05) is 13.7 Å². The highest BCUT2D eigenvalue weighted by molar-refractivity contribution is 6.30. The van der Waals surface area contributed by atoms with E-state index >= 15 is 0 Å². The van der Waals surface area contributed by atoms with Crippen molar-refractivity contribution in [3.8, 4) is 5.75 Å². The Kier molecular flexibility index (Phi) is 3.10. The second kappa shape index (κ2) is 4.24. The third kappa shape index (κ3) is 1.90. The van der Waals surface area contributed by atoms with E-state index in [1.165, 1.54) is 0 Å². The molecule has 0 spiro atoms. The van der Waals surface area contributed by atoms with Crippen molar-refractivity contribution in [1.82, 2.24) is 0 Å². The minimum atomic E-state index is -1.00. The summed E-state index contributed by atoms with van der Waals surface area (Å²) in [4.78, 5) is 0. The summed E-state index contributed by atoms with van der Waals surface area (Å²) in [5, 5.41) is 11.2. The molecule has 88 valence electrons. The van der Waals surface area contributed by atoms with E-state index in [-0.39, 0.29) is 12.5 Å². The van der Waals surface area contributed by atoms with Crippen LogP contribution < -0.4 is 10.5 Å². The molecular formula is C12H16ClNO2. The van der Waals surface area contributed by atoms with E-state index in [2.05, 4.69) is 0 Å². The van der Waals surface area contributed by atoms with E-state index in [1.807, 2.05) is 0 Å². The predicted molar refractivity (Wildman–Crippen MR) is 63.7 cm³/mol. The number of hydrogen-bond acceptors (Lipinski definition) is 3. The van der Waals surface area contributed by atoms with Crippen LogP contribution in [-0.2, 0) is 5.60 Å². The lowest BCUT2D eigenvalue weighted by atomic mass is 9.88. The smallest absolute Gasteiger partial charge is 0.125 e. The first-order chi connectivity index (χ1) is 7.61. The lowest BCUT2D eigenvalue weighted by molar-refractivity contribution is 0.0200. The highest BCUT2D eigenvalue weighted by Crippen LogP contribution is 2.48. The summed E-state index contributed by atoms with van der Waals surface area (Å²) in [7, 11) is 1.58. The summed E-state index contributed by atoms with van der Waals surface area (Å²) in [6.45, 7) is 0.189. The summed E-state index contributed by atoms with van der Waals surface area (Å²) < 4.78 is 5.25. The van der Waals surface area contributed by atoms with Crippen molar-refractivity contribution in [2.24, 2.45) is 11.7 Å². The molecule has 2 rings (SSSR count). The first-order valence-electron chi connectivity index (χ1n) is 5.38. The fraction of sp³-hybridized carbons (Fsp3) is 0.500. The molecule has 1 fully saturated rings. The molecule has 3 nitrogen and oxygen atoms in total. The van der Waals surface area contributed by atoms with E-state index in [0.717, 1.165) is 12.8 Å². The Morgan fingerprint density at radius 2 is 2.25 bits per heavy atom. The van der Waals surface area contributed by atoms with Crippen molar-refractivity contribution in [3.05, 3.63) is 28.8 Å². The molecule has 4 heteroatoms. The Hall–Kier alpha value is -0.770. The zero-order valence-electron chi connectivity index (χ0n) is 9.24. The second-order valence-corrected chi connectivity index (χ2v) is 4.68. The van der Waals surface area contributed by atoms with Gasteiger partial charge >= 0.3 is 0 Å². The molecule has 1 aromatic carbocycles. The van der Waals surface area contributed by atoms with Crippen molar-refractivity contribution in [3.63, 3.8) is 0 Å². The summed E-state index contributed by atoms with van der Waals surface area (Å²) >= 11 is 5.95. The van der Waals surface area contributed by atoms with Gasteiger partial charge in [-0.1, -0.05) is 11.6 Å². The first-order valence-corrected chi connectivity index (χ1v) is 5.76. The van der Waals surface area contributed by atoms with Crippen molar-refractivity contribution < 1.29 is 9.84 Å². The van der Waals surface area contributed by atoms with Crippen LogP contribution in [0.3, 0.4) is 0 Å². The SMILES string of the molecule is COc1ccc(Cl)cc1C(O)(CN)C1CC1. The van der Waals surface area contributed by atoms with Crippen LogP contribution in [0.2, 0.25) is 5.02 Å². The van der Waals surface area contributed by atoms with Crippen LogP contribution in [0.4, 0.5) is 0 Å². The number of benzene rings is 1. The van der Waals surface area contributed by atoms with Gasteiger partial charge in [0.1, 0.15) is 11.4 Å². The lowest BCUT2D eigenvalue weighted by Gasteiger charge is -2.28. The van der Waals surface area contributed by atoms with Crippen LogP contribution in [0.1, 0.15) is 18.4 Å². The molecule has 1 aliphatic rings. The summed E-state index contributed by atoms with van der Waals surface area (Å²) in [5.74, 6) is 0.870. The maximum atomic E-state index is 10.6. The van der Waals surface area contributed by atoms with Crippen LogP contribution in [0.5, 0.6) is 5.75 Å². The number of ether oxygens (including phenoxy) is 1. The van der Waals surface area contributed by atoms with Gasteiger partial charge in [-0.15, -0.1) is 0 Å². The standard InChI is InChI=1S/C12H16ClNO2/c1-16-11-5-4-9(13)6-10(11)12(15,7-14)8-2-3-8/h4-6,8,15H,2-3,7,14H2,1H3. The Bertz CT molecular complexity index is 393. The monoisotopic (exact) mass is 241 g/mol. The van der Waals surface area contributed by atoms with E-state index in [9.17, 15) is 5.11 Å². The van der Waals surface area contributed by atoms with E-state index in [1.54, 1.807) is 25.3 Å². The number of halogens is 1. The average Bonchev–Trinajstić information content (AvgIpc) is 3.12. The molecule has 0 aromatic heterocycles. The summed E-state index contributed by atoms with van der Waals surface area (Å²) in [6.07, 6.45) is 2.01. The first kappa shape index (κ1) is 11.7. The number of rotatable bonds is 4. The second-order valence-electron chi connectivity index (χ2n) is 4.25. The third-order valence-corrected chi connectivity index (χ3v) is 3.43. The van der Waals surface area contributed by atoms with E-state index in [4.69, 9.17) is 22.1 Å². The molecule has 1 aliphatic carbocycles. The highest BCUT2D eigenvalue weighted by Gasteiger charge is 2.45. The van der Waals surface area contributed by atoms with Crippen molar-refractivity contribution in [2.45, 2.75) is 18.4 Å². The molecule has 1 aromatic rings. The van der Waals surface area contributed by atoms with Crippen molar-refractivity contribution >= 4 is 11.6 Å². The zero-order valence-corrected chi connectivity index (χ0v) is 10.00. The number of methoxy groups -OCH3 is 1. The quantitative estimate of drug-likeness (QED) is 0.847. The largest absolute Gasteiger partial charge is 0.496 e. The van der Waals surface area contributed by atoms with Gasteiger partial charge in [0.15, 0.2) is 0 Å². The minimum Gasteiger partial charge on any atom is -0.496 e. The molecule has 16 heavy (non-hydrogen) atoms. The van der Waals surface area contributed by atoms with Gasteiger partial charge in [-0.2, -0.15) is 0 Å². The third-order valence-electron chi connectivity index (χ3n) is 3.19. The molecule has 0 radical (unpaired) electrons. The molecule has 0 heterocycles. The predicted octanol–water partition coefficient (Wildman–Crippen LogP) is 1.90. The molecule has 0 saturated heterocycles. The highest BCUT2D eigenvalue weighted by atomic mass is 35.5. The topological polar surface area (TPSA) is 55.5 Å². The van der Waals surface area contributed by atoms with Crippen LogP contribution in [0.25, 0.3) is 0 Å². The molecule has 1 atom stereocenters. The van der Waals surface area contributed by atoms with Gasteiger partial charge in [-0.05, 0) is 37.0 Å². The van der Waals surface area contributed by atoms with Crippen LogP contribution in [0.15, 0.2) is 18.2 Å². The maximum absolute atomic E-state index is 10.6. The fourth-order valence-corrected chi connectivity index (χ4v) is 2.25. The number of hydrogen-bond donors (Lipinski definition) is 2. The molecule has 0 aliphatic heterocycles. The number of nitrogens with two attached hydrogens (primary N) is 1. The Balaban J connectivity index is 2.47. The average molecular weight is 242 g/mol. The summed E-state index contributed by atoms with van der Waals surface area (Å²) in [6, 6.07) is 5.25. The Labute approximate surface area is 100 Å². The van der Waals surface area contributed by atoms with Gasteiger partial charge in [0.2, 0.25) is 0 Å². The van der Waals surface area contributed by atoms with Crippen LogP contribution in [-0.4, -0.2) is 18.8 Å². The van der Waals surface area contributed by atoms with Gasteiger partial charge in [-0.25, -0.2) is 0 Å². The van der Waals surface area contributed by atoms with Crippen LogP contribution in [0, 0.1) is 5.92 Å². The van der Waals surface area contributed by atoms with Gasteiger partial charge in [-0.3, -0.25) is 0 Å². The van der Waals surface area contributed by atoms with E-state index in [0.29, 0.717) is 16.3 Å². The summed E-state index contributed by atoms with van der Waals surface area (Å²) in [5.41, 5.74) is 5.40. The van der Waals surface area contributed by atoms with Gasteiger partial charge in [0, 0.05) is 17.1 Å². The Morgan fingerprint density at radius 1 is 1.56 bits per heavy atom. The molecule has 0 bridgehead atoms. The van der Waals surface area contributed by atoms with Crippen molar-refractivity contribution in [1.29, 1.82) is 0 Å². The maximum Gasteiger partial charge on any atom is 0.125 e. The molecular weight excluding hydrogens is 226 g/mol. The number of aliphatic hydroxyl groups is 1. The van der Waals surface area contributed by atoms with Gasteiger partial charge in [0.05, 0.1) is 7.11 Å². The van der Waals surface area contributed by atoms with Gasteiger partial charge < -0.3 is 15.6 Å². The molecule has 0 amide bonds. The molecule has 3 N–H and O–H groups in total. The molecule has 1 saturated carbocycles. The normalized spacial score (nSPS) is 19.2.